The van der Waals surface area contributed by atoms with Crippen molar-refractivity contribution in [1.29, 1.82) is 0 Å². The van der Waals surface area contributed by atoms with Gasteiger partial charge in [-0.25, -0.2) is 0 Å². The molecule has 0 unspecified atom stereocenters. The van der Waals surface area contributed by atoms with Gasteiger partial charge in [0, 0.05) is 41.2 Å². The van der Waals surface area contributed by atoms with Crippen molar-refractivity contribution in [2.75, 3.05) is 94.0 Å². The normalized spacial score (nSPS) is 9.92. The quantitative estimate of drug-likeness (QED) is 0.357. The largest absolute Gasteiger partial charge is 0.382 e. The van der Waals surface area contributed by atoms with Crippen LogP contribution in [-0.2, 0) is 33.2 Å². The molecule has 0 aromatic heterocycles. The molecule has 0 aromatic rings. The summed E-state index contributed by atoms with van der Waals surface area (Å²) in [5.41, 5.74) is 0. The minimum Gasteiger partial charge on any atom is -0.382 e. The van der Waals surface area contributed by atoms with E-state index < -0.39 is 0 Å². The van der Waals surface area contributed by atoms with E-state index in [0.29, 0.717) is 39.6 Å². The van der Waals surface area contributed by atoms with Crippen molar-refractivity contribution >= 4 is 0 Å². The van der Waals surface area contributed by atoms with E-state index in [4.69, 9.17) is 33.2 Å². The summed E-state index contributed by atoms with van der Waals surface area (Å²) in [7, 11) is 5.01. The van der Waals surface area contributed by atoms with Crippen molar-refractivity contribution in [3.05, 3.63) is 0 Å². The Bertz CT molecular complexity index is 163. The van der Waals surface area contributed by atoms with Crippen LogP contribution in [0.2, 0.25) is 0 Å². The molecule has 7 nitrogen and oxygen atoms in total. The van der Waals surface area contributed by atoms with Crippen molar-refractivity contribution in [2.24, 2.45) is 0 Å². The first-order valence-corrected chi connectivity index (χ1v) is 9.52. The Labute approximate surface area is 161 Å². The van der Waals surface area contributed by atoms with Crippen LogP contribution in [0.15, 0.2) is 0 Å². The standard InChI is InChI=1S/C7H16O3.2C6H14O2/c1-3-9-6-7-10-5-4-8-2;2*1-3-4-8-6-5-7-2/h3-7H2,1-2H3;2*3-6H2,1-2H3. The number of methoxy groups -OCH3 is 3. The highest BCUT2D eigenvalue weighted by atomic mass is 16.5. The summed E-state index contributed by atoms with van der Waals surface area (Å²) in [6.45, 7) is 14.1. The molecular formula is C19H44O7. The number of ether oxygens (including phenoxy) is 7. The Hall–Kier alpha value is -0.280. The van der Waals surface area contributed by atoms with Crippen molar-refractivity contribution in [3.8, 4) is 0 Å². The summed E-state index contributed by atoms with van der Waals surface area (Å²) in [5.74, 6) is 0. The fourth-order valence-electron chi connectivity index (χ4n) is 1.28. The highest BCUT2D eigenvalue weighted by molar-refractivity contribution is 4.29. The molecule has 0 spiro atoms. The fourth-order valence-corrected chi connectivity index (χ4v) is 1.28. The monoisotopic (exact) mass is 384 g/mol. The molecule has 0 radical (unpaired) electrons. The van der Waals surface area contributed by atoms with E-state index in [1.165, 1.54) is 0 Å². The van der Waals surface area contributed by atoms with Crippen LogP contribution in [-0.4, -0.2) is 94.0 Å². The predicted octanol–water partition coefficient (Wildman–Crippen LogP) is 2.80. The summed E-state index contributed by atoms with van der Waals surface area (Å²) >= 11 is 0. The number of hydrogen-bond donors (Lipinski definition) is 0. The maximum atomic E-state index is 5.13. The minimum atomic E-state index is 0.656. The molecule has 0 amide bonds. The molecular weight excluding hydrogens is 340 g/mol. The van der Waals surface area contributed by atoms with Crippen LogP contribution >= 0.6 is 0 Å². The summed E-state index contributed by atoms with van der Waals surface area (Å²) in [6, 6.07) is 0. The molecule has 162 valence electrons. The van der Waals surface area contributed by atoms with Gasteiger partial charge in [0.1, 0.15) is 0 Å². The van der Waals surface area contributed by atoms with Crippen LogP contribution in [0, 0.1) is 0 Å². The first-order chi connectivity index (χ1) is 12.7. The molecule has 0 rings (SSSR count). The predicted molar refractivity (Wildman–Crippen MR) is 105 cm³/mol. The van der Waals surface area contributed by atoms with Crippen LogP contribution in [0.4, 0.5) is 0 Å². The molecule has 0 bridgehead atoms. The zero-order valence-corrected chi connectivity index (χ0v) is 18.1. The van der Waals surface area contributed by atoms with Gasteiger partial charge < -0.3 is 33.2 Å². The fraction of sp³-hybridized carbons (Fsp3) is 1.00. The van der Waals surface area contributed by atoms with Crippen LogP contribution < -0.4 is 0 Å². The molecule has 0 heterocycles. The SMILES string of the molecule is CCCOCCOC.CCCOCCOC.CCOCCOCCOC. The summed E-state index contributed by atoms with van der Waals surface area (Å²) in [5, 5.41) is 0. The Morgan fingerprint density at radius 3 is 1.00 bits per heavy atom. The van der Waals surface area contributed by atoms with E-state index in [0.717, 1.165) is 45.9 Å². The molecule has 0 saturated carbocycles. The molecule has 7 heteroatoms. The van der Waals surface area contributed by atoms with Crippen molar-refractivity contribution in [1.82, 2.24) is 0 Å². The third kappa shape index (κ3) is 43.8. The molecule has 0 saturated heterocycles. The van der Waals surface area contributed by atoms with E-state index in [1.807, 2.05) is 6.92 Å². The third-order valence-corrected chi connectivity index (χ3v) is 2.57. The lowest BCUT2D eigenvalue weighted by molar-refractivity contribution is 0.0280. The maximum absolute atomic E-state index is 5.13. The average molecular weight is 385 g/mol. The minimum absolute atomic E-state index is 0.656. The Morgan fingerprint density at radius 2 is 0.692 bits per heavy atom. The van der Waals surface area contributed by atoms with Crippen molar-refractivity contribution in [2.45, 2.75) is 33.6 Å². The number of rotatable bonds is 17. The Kier molecular flexibility index (Phi) is 41.9. The highest BCUT2D eigenvalue weighted by Crippen LogP contribution is 1.80. The van der Waals surface area contributed by atoms with E-state index in [-0.39, 0.29) is 0 Å². The van der Waals surface area contributed by atoms with Crippen LogP contribution in [0.3, 0.4) is 0 Å². The average Bonchev–Trinajstić information content (AvgIpc) is 2.66. The van der Waals surface area contributed by atoms with Gasteiger partial charge in [-0.15, -0.1) is 0 Å². The van der Waals surface area contributed by atoms with Gasteiger partial charge in [-0.2, -0.15) is 0 Å². The first-order valence-electron chi connectivity index (χ1n) is 9.52. The summed E-state index contributed by atoms with van der Waals surface area (Å²) in [4.78, 5) is 0. The summed E-state index contributed by atoms with van der Waals surface area (Å²) < 4.78 is 34.7. The van der Waals surface area contributed by atoms with Gasteiger partial charge in [-0.1, -0.05) is 13.8 Å². The molecule has 0 aliphatic heterocycles. The molecule has 26 heavy (non-hydrogen) atoms. The van der Waals surface area contributed by atoms with Crippen LogP contribution in [0.5, 0.6) is 0 Å². The van der Waals surface area contributed by atoms with Crippen molar-refractivity contribution in [3.63, 3.8) is 0 Å². The molecule has 0 aliphatic rings. The second-order valence-corrected chi connectivity index (χ2v) is 5.01. The third-order valence-electron chi connectivity index (χ3n) is 2.57. The lowest BCUT2D eigenvalue weighted by atomic mass is 10.5. The van der Waals surface area contributed by atoms with Gasteiger partial charge in [0.2, 0.25) is 0 Å². The van der Waals surface area contributed by atoms with Crippen molar-refractivity contribution < 1.29 is 33.2 Å². The van der Waals surface area contributed by atoms with Gasteiger partial charge in [0.25, 0.3) is 0 Å². The van der Waals surface area contributed by atoms with E-state index in [9.17, 15) is 0 Å². The lowest BCUT2D eigenvalue weighted by Crippen LogP contribution is -2.07. The van der Waals surface area contributed by atoms with Crippen LogP contribution in [0.1, 0.15) is 33.6 Å². The van der Waals surface area contributed by atoms with E-state index >= 15 is 0 Å². The Morgan fingerprint density at radius 1 is 0.385 bits per heavy atom. The van der Waals surface area contributed by atoms with Gasteiger partial charge in [0.15, 0.2) is 0 Å². The Balaban J connectivity index is -0.000000308. The second-order valence-electron chi connectivity index (χ2n) is 5.01. The van der Waals surface area contributed by atoms with E-state index in [1.54, 1.807) is 21.3 Å². The van der Waals surface area contributed by atoms with Gasteiger partial charge in [-0.3, -0.25) is 0 Å². The van der Waals surface area contributed by atoms with Gasteiger partial charge in [0.05, 0.1) is 52.9 Å². The smallest absolute Gasteiger partial charge is 0.0701 e. The van der Waals surface area contributed by atoms with Gasteiger partial charge >= 0.3 is 0 Å². The second kappa shape index (κ2) is 35.8. The van der Waals surface area contributed by atoms with E-state index in [2.05, 4.69) is 13.8 Å². The lowest BCUT2D eigenvalue weighted by Gasteiger charge is -2.02. The zero-order valence-electron chi connectivity index (χ0n) is 18.1. The molecule has 0 N–H and O–H groups in total. The highest BCUT2D eigenvalue weighted by Gasteiger charge is 1.86. The number of hydrogen-bond acceptors (Lipinski definition) is 7. The molecule has 0 aliphatic carbocycles. The molecule has 0 fully saturated rings. The van der Waals surface area contributed by atoms with Crippen LogP contribution in [0.25, 0.3) is 0 Å². The first kappa shape index (κ1) is 30.4. The summed E-state index contributed by atoms with van der Waals surface area (Å²) in [6.07, 6.45) is 2.17. The molecule has 0 atom stereocenters. The topological polar surface area (TPSA) is 64.6 Å². The molecule has 0 aromatic carbocycles. The van der Waals surface area contributed by atoms with Gasteiger partial charge in [-0.05, 0) is 19.8 Å². The zero-order chi connectivity index (χ0) is 20.1. The maximum Gasteiger partial charge on any atom is 0.0701 e.